The zero-order valence-electron chi connectivity index (χ0n) is 15.1. The Morgan fingerprint density at radius 1 is 1.30 bits per heavy atom. The van der Waals surface area contributed by atoms with E-state index in [4.69, 9.17) is 19.4 Å². The standard InChI is InChI=1S/C18H21NO5.CH2O2/c1-2-18(17(21)22)10-11-6-7-14(18)19(11)16(20)12-4-3-5-13-15(12)24-9-8-23-13;2-1-3/h3-5,11,14H,2,6-10H2,1H3,(H,21,22);1H,(H,2,3)/t11-,14+,18+;/m0./s1. The van der Waals surface area contributed by atoms with E-state index in [1.54, 1.807) is 23.1 Å². The molecule has 3 atom stereocenters. The fraction of sp³-hybridized carbons (Fsp3) is 0.526. The summed E-state index contributed by atoms with van der Waals surface area (Å²) in [6.07, 6.45) is 2.71. The van der Waals surface area contributed by atoms with Gasteiger partial charge in [-0.2, -0.15) is 0 Å². The van der Waals surface area contributed by atoms with Crippen molar-refractivity contribution in [2.45, 2.75) is 44.7 Å². The summed E-state index contributed by atoms with van der Waals surface area (Å²) in [5.74, 6) is 0.141. The van der Waals surface area contributed by atoms with E-state index in [2.05, 4.69) is 0 Å². The van der Waals surface area contributed by atoms with Crippen LogP contribution >= 0.6 is 0 Å². The molecule has 1 aromatic carbocycles. The summed E-state index contributed by atoms with van der Waals surface area (Å²) in [5, 5.41) is 16.7. The minimum atomic E-state index is -0.815. The number of carboxylic acid groups (broad SMARTS) is 2. The largest absolute Gasteiger partial charge is 0.486 e. The van der Waals surface area contributed by atoms with E-state index in [0.29, 0.717) is 43.1 Å². The van der Waals surface area contributed by atoms with Gasteiger partial charge in [0.25, 0.3) is 12.4 Å². The van der Waals surface area contributed by atoms with Crippen LogP contribution in [0.15, 0.2) is 18.2 Å². The molecule has 0 saturated carbocycles. The zero-order chi connectivity index (χ0) is 19.6. The minimum absolute atomic E-state index is 0.00100. The van der Waals surface area contributed by atoms with Gasteiger partial charge in [0.2, 0.25) is 0 Å². The Morgan fingerprint density at radius 3 is 2.63 bits per heavy atom. The van der Waals surface area contributed by atoms with Gasteiger partial charge < -0.3 is 24.6 Å². The molecule has 0 aliphatic carbocycles. The van der Waals surface area contributed by atoms with Gasteiger partial charge in [-0.3, -0.25) is 14.4 Å². The van der Waals surface area contributed by atoms with Gasteiger partial charge in [-0.25, -0.2) is 0 Å². The summed E-state index contributed by atoms with van der Waals surface area (Å²) in [6, 6.07) is 5.07. The highest BCUT2D eigenvalue weighted by Gasteiger charge is 2.60. The Balaban J connectivity index is 0.000000659. The highest BCUT2D eigenvalue weighted by atomic mass is 16.6. The molecule has 8 nitrogen and oxygen atoms in total. The first-order valence-electron chi connectivity index (χ1n) is 9.02. The van der Waals surface area contributed by atoms with Crippen molar-refractivity contribution < 1.29 is 34.1 Å². The lowest BCUT2D eigenvalue weighted by molar-refractivity contribution is -0.151. The number of carbonyl (C=O) groups is 3. The molecule has 2 saturated heterocycles. The molecule has 2 bridgehead atoms. The Kier molecular flexibility index (Phi) is 5.25. The number of fused-ring (bicyclic) bond motifs is 3. The van der Waals surface area contributed by atoms with E-state index < -0.39 is 11.4 Å². The number of hydrogen-bond donors (Lipinski definition) is 2. The maximum Gasteiger partial charge on any atom is 0.311 e. The van der Waals surface area contributed by atoms with Crippen LogP contribution < -0.4 is 9.47 Å². The zero-order valence-corrected chi connectivity index (χ0v) is 15.1. The summed E-state index contributed by atoms with van der Waals surface area (Å²) in [4.78, 5) is 35.3. The van der Waals surface area contributed by atoms with Crippen LogP contribution in [0.3, 0.4) is 0 Å². The molecule has 0 spiro atoms. The van der Waals surface area contributed by atoms with Gasteiger partial charge >= 0.3 is 5.97 Å². The number of amides is 1. The van der Waals surface area contributed by atoms with E-state index in [9.17, 15) is 14.7 Å². The number of carboxylic acids is 1. The lowest BCUT2D eigenvalue weighted by atomic mass is 9.72. The van der Waals surface area contributed by atoms with Crippen LogP contribution in [0.4, 0.5) is 0 Å². The molecule has 2 N–H and O–H groups in total. The van der Waals surface area contributed by atoms with Crippen LogP contribution in [0, 0.1) is 5.41 Å². The average molecular weight is 377 g/mol. The third-order valence-electron chi connectivity index (χ3n) is 5.83. The first-order chi connectivity index (χ1) is 13.0. The van der Waals surface area contributed by atoms with Crippen LogP contribution in [0.25, 0.3) is 0 Å². The Bertz CT molecular complexity index is 750. The lowest BCUT2D eigenvalue weighted by Crippen LogP contribution is -2.44. The summed E-state index contributed by atoms with van der Waals surface area (Å²) < 4.78 is 11.2. The molecular formula is C19H23NO7. The van der Waals surface area contributed by atoms with Crippen LogP contribution in [0.1, 0.15) is 43.0 Å². The topological polar surface area (TPSA) is 113 Å². The highest BCUT2D eigenvalue weighted by Crippen LogP contribution is 2.52. The molecule has 1 amide bonds. The monoisotopic (exact) mass is 377 g/mol. The van der Waals surface area contributed by atoms with Crippen molar-refractivity contribution in [1.82, 2.24) is 4.90 Å². The first-order valence-corrected chi connectivity index (χ1v) is 9.02. The minimum Gasteiger partial charge on any atom is -0.486 e. The van der Waals surface area contributed by atoms with E-state index >= 15 is 0 Å². The number of benzene rings is 1. The fourth-order valence-corrected chi connectivity index (χ4v) is 4.63. The van der Waals surface area contributed by atoms with E-state index in [-0.39, 0.29) is 24.5 Å². The van der Waals surface area contributed by atoms with Gasteiger partial charge in [0.1, 0.15) is 13.2 Å². The second kappa shape index (κ2) is 7.46. The van der Waals surface area contributed by atoms with Crippen molar-refractivity contribution in [2.24, 2.45) is 5.41 Å². The molecule has 3 aliphatic rings. The Labute approximate surface area is 156 Å². The van der Waals surface area contributed by atoms with Gasteiger partial charge in [-0.15, -0.1) is 0 Å². The predicted octanol–water partition coefficient (Wildman–Crippen LogP) is 2.02. The molecular weight excluding hydrogens is 354 g/mol. The number of hydrogen-bond acceptors (Lipinski definition) is 5. The van der Waals surface area contributed by atoms with Crippen LogP contribution in [-0.4, -0.2) is 58.8 Å². The number of para-hydroxylation sites is 1. The average Bonchev–Trinajstić information content (AvgIpc) is 3.24. The van der Waals surface area contributed by atoms with E-state index in [1.165, 1.54) is 0 Å². The normalized spacial score (nSPS) is 27.5. The van der Waals surface area contributed by atoms with Crippen LogP contribution in [-0.2, 0) is 9.59 Å². The highest BCUT2D eigenvalue weighted by molar-refractivity contribution is 5.99. The maximum atomic E-state index is 13.2. The smallest absolute Gasteiger partial charge is 0.311 e. The van der Waals surface area contributed by atoms with Crippen LogP contribution in [0.2, 0.25) is 0 Å². The number of rotatable bonds is 3. The molecule has 0 radical (unpaired) electrons. The lowest BCUT2D eigenvalue weighted by Gasteiger charge is -2.32. The molecule has 3 aliphatic heterocycles. The summed E-state index contributed by atoms with van der Waals surface area (Å²) in [6.45, 7) is 2.54. The second-order valence-electron chi connectivity index (χ2n) is 6.91. The number of ether oxygens (including phenoxy) is 2. The van der Waals surface area contributed by atoms with Crippen molar-refractivity contribution in [3.63, 3.8) is 0 Å². The molecule has 0 unspecified atom stereocenters. The second-order valence-corrected chi connectivity index (χ2v) is 6.91. The Morgan fingerprint density at radius 2 is 2.00 bits per heavy atom. The van der Waals surface area contributed by atoms with Crippen molar-refractivity contribution >= 4 is 18.3 Å². The summed E-state index contributed by atoms with van der Waals surface area (Å²) >= 11 is 0. The molecule has 27 heavy (non-hydrogen) atoms. The fourth-order valence-electron chi connectivity index (χ4n) is 4.63. The predicted molar refractivity (Wildman–Crippen MR) is 94.1 cm³/mol. The van der Waals surface area contributed by atoms with Crippen LogP contribution in [0.5, 0.6) is 11.5 Å². The summed E-state index contributed by atoms with van der Waals surface area (Å²) in [7, 11) is 0. The molecule has 8 heteroatoms. The third-order valence-corrected chi connectivity index (χ3v) is 5.83. The quantitative estimate of drug-likeness (QED) is 0.775. The van der Waals surface area contributed by atoms with Crippen molar-refractivity contribution in [3.8, 4) is 11.5 Å². The van der Waals surface area contributed by atoms with Gasteiger partial charge in [0.15, 0.2) is 11.5 Å². The molecule has 1 aromatic rings. The third kappa shape index (κ3) is 2.98. The molecule has 4 rings (SSSR count). The number of aliphatic carboxylic acids is 1. The number of nitrogens with zero attached hydrogens (tertiary/aromatic N) is 1. The van der Waals surface area contributed by atoms with E-state index in [1.807, 2.05) is 6.92 Å². The first kappa shape index (κ1) is 19.0. The van der Waals surface area contributed by atoms with Crippen molar-refractivity contribution in [2.75, 3.05) is 13.2 Å². The van der Waals surface area contributed by atoms with E-state index in [0.717, 1.165) is 12.8 Å². The Hall–Kier alpha value is -2.77. The molecule has 146 valence electrons. The molecule has 2 fully saturated rings. The summed E-state index contributed by atoms with van der Waals surface area (Å²) in [5.41, 5.74) is -0.341. The SMILES string of the molecule is CC[C@@]1(C(=O)O)C[C@@H]2CC[C@H]1N2C(=O)c1cccc2c1OCCO2.O=CO. The number of carbonyl (C=O) groups excluding carboxylic acids is 1. The van der Waals surface area contributed by atoms with Gasteiger partial charge in [-0.1, -0.05) is 13.0 Å². The van der Waals surface area contributed by atoms with Gasteiger partial charge in [-0.05, 0) is 37.8 Å². The maximum absolute atomic E-state index is 13.2. The van der Waals surface area contributed by atoms with Crippen molar-refractivity contribution in [3.05, 3.63) is 23.8 Å². The van der Waals surface area contributed by atoms with Gasteiger partial charge in [0.05, 0.1) is 11.0 Å². The molecule has 3 heterocycles. The van der Waals surface area contributed by atoms with Crippen molar-refractivity contribution in [1.29, 1.82) is 0 Å². The molecule has 0 aromatic heterocycles. The van der Waals surface area contributed by atoms with Gasteiger partial charge in [0, 0.05) is 12.1 Å².